The highest BCUT2D eigenvalue weighted by Crippen LogP contribution is 2.39. The highest BCUT2D eigenvalue weighted by molar-refractivity contribution is 5.81. The molecule has 1 aliphatic heterocycles. The summed E-state index contributed by atoms with van der Waals surface area (Å²) in [5, 5.41) is 14.6. The summed E-state index contributed by atoms with van der Waals surface area (Å²) in [4.78, 5) is 11.8. The van der Waals surface area contributed by atoms with Gasteiger partial charge in [0.05, 0.1) is 11.6 Å². The van der Waals surface area contributed by atoms with Crippen molar-refractivity contribution in [1.82, 2.24) is 10.4 Å². The van der Waals surface area contributed by atoms with E-state index in [-0.39, 0.29) is 23.4 Å². The van der Waals surface area contributed by atoms with Gasteiger partial charge >= 0.3 is 0 Å². The monoisotopic (exact) mass is 226 g/mol. The van der Waals surface area contributed by atoms with E-state index in [2.05, 4.69) is 5.32 Å². The third kappa shape index (κ3) is 1.84. The predicted octanol–water partition coefficient (Wildman–Crippen LogP) is 1.53. The Morgan fingerprint density at radius 1 is 1.31 bits per heavy atom. The van der Waals surface area contributed by atoms with Crippen molar-refractivity contribution in [1.29, 1.82) is 0 Å². The van der Waals surface area contributed by atoms with E-state index in [9.17, 15) is 10.0 Å². The number of carbonyl (C=O) groups excluding carboxylic acids is 1. The number of amides is 1. The first-order chi connectivity index (χ1) is 7.25. The number of hydrogen-bond donors (Lipinski definition) is 2. The lowest BCUT2D eigenvalue weighted by Gasteiger charge is -2.35. The summed E-state index contributed by atoms with van der Waals surface area (Å²) < 4.78 is 0. The minimum atomic E-state index is -0.395. The Labute approximate surface area is 97.0 Å². The summed E-state index contributed by atoms with van der Waals surface area (Å²) in [7, 11) is 0. The molecule has 1 atom stereocenters. The van der Waals surface area contributed by atoms with E-state index in [0.29, 0.717) is 0 Å². The van der Waals surface area contributed by atoms with Crippen molar-refractivity contribution in [3.05, 3.63) is 0 Å². The maximum atomic E-state index is 11.8. The highest BCUT2D eigenvalue weighted by Gasteiger charge is 2.52. The number of rotatable bonds is 2. The molecule has 1 aliphatic carbocycles. The van der Waals surface area contributed by atoms with E-state index in [1.54, 1.807) is 0 Å². The standard InChI is InChI=1S/C12H22N2O2/c1-11(2)7-9(12(3,4)14(11)16)13-10(15)8-5-6-8/h8-9,16H,5-7H2,1-4H3,(H,13,15). The van der Waals surface area contributed by atoms with Crippen LogP contribution < -0.4 is 5.32 Å². The van der Waals surface area contributed by atoms with Crippen LogP contribution in [-0.4, -0.2) is 33.3 Å². The van der Waals surface area contributed by atoms with Crippen LogP contribution in [0.4, 0.5) is 0 Å². The minimum Gasteiger partial charge on any atom is -0.351 e. The van der Waals surface area contributed by atoms with Gasteiger partial charge in [-0.1, -0.05) is 0 Å². The van der Waals surface area contributed by atoms with Crippen molar-refractivity contribution >= 4 is 5.91 Å². The van der Waals surface area contributed by atoms with Gasteiger partial charge < -0.3 is 10.5 Å². The molecule has 0 aromatic rings. The number of hydrogen-bond acceptors (Lipinski definition) is 3. The molecule has 1 saturated carbocycles. The van der Waals surface area contributed by atoms with Crippen LogP contribution in [0.2, 0.25) is 0 Å². The normalized spacial score (nSPS) is 32.7. The Bertz CT molecular complexity index is 308. The Morgan fingerprint density at radius 2 is 1.88 bits per heavy atom. The molecule has 2 rings (SSSR count). The van der Waals surface area contributed by atoms with Gasteiger partial charge in [-0.15, -0.1) is 0 Å². The molecule has 2 fully saturated rings. The van der Waals surface area contributed by atoms with E-state index < -0.39 is 5.54 Å². The minimum absolute atomic E-state index is 0.0283. The Balaban J connectivity index is 2.07. The topological polar surface area (TPSA) is 52.6 Å². The average molecular weight is 226 g/mol. The second-order valence-corrected chi connectivity index (χ2v) is 6.32. The van der Waals surface area contributed by atoms with Gasteiger partial charge in [-0.3, -0.25) is 4.79 Å². The summed E-state index contributed by atoms with van der Waals surface area (Å²) in [6, 6.07) is 0.0283. The maximum Gasteiger partial charge on any atom is 0.223 e. The fourth-order valence-corrected chi connectivity index (χ4v) is 2.63. The van der Waals surface area contributed by atoms with Crippen LogP contribution in [-0.2, 0) is 4.79 Å². The van der Waals surface area contributed by atoms with Crippen LogP contribution in [0.5, 0.6) is 0 Å². The molecule has 0 bridgehead atoms. The molecule has 0 aromatic carbocycles. The second-order valence-electron chi connectivity index (χ2n) is 6.32. The third-order valence-electron chi connectivity index (χ3n) is 3.94. The lowest BCUT2D eigenvalue weighted by molar-refractivity contribution is -0.194. The molecule has 1 heterocycles. The second kappa shape index (κ2) is 3.44. The Morgan fingerprint density at radius 3 is 2.25 bits per heavy atom. The summed E-state index contributed by atoms with van der Waals surface area (Å²) >= 11 is 0. The van der Waals surface area contributed by atoms with Crippen LogP contribution in [0.3, 0.4) is 0 Å². The SMILES string of the molecule is CC1(C)CC(NC(=O)C2CC2)C(C)(C)N1O. The predicted molar refractivity (Wildman–Crippen MR) is 61.1 cm³/mol. The van der Waals surface area contributed by atoms with Crippen LogP contribution in [0.15, 0.2) is 0 Å². The zero-order valence-electron chi connectivity index (χ0n) is 10.6. The molecule has 1 unspecified atom stereocenters. The van der Waals surface area contributed by atoms with Crippen molar-refractivity contribution in [2.24, 2.45) is 5.92 Å². The Hall–Kier alpha value is -0.610. The molecule has 1 saturated heterocycles. The number of carbonyl (C=O) groups is 1. The number of nitrogens with zero attached hydrogens (tertiary/aromatic N) is 1. The largest absolute Gasteiger partial charge is 0.351 e. The van der Waals surface area contributed by atoms with Crippen LogP contribution >= 0.6 is 0 Å². The van der Waals surface area contributed by atoms with Gasteiger partial charge in [0.25, 0.3) is 0 Å². The van der Waals surface area contributed by atoms with E-state index >= 15 is 0 Å². The molecule has 2 aliphatic rings. The van der Waals surface area contributed by atoms with Gasteiger partial charge in [0.2, 0.25) is 5.91 Å². The molecule has 0 radical (unpaired) electrons. The smallest absolute Gasteiger partial charge is 0.223 e. The molecular formula is C12H22N2O2. The molecule has 4 heteroatoms. The first kappa shape index (κ1) is 11.9. The summed E-state index contributed by atoms with van der Waals surface area (Å²) in [5.41, 5.74) is -0.668. The van der Waals surface area contributed by atoms with Crippen molar-refractivity contribution in [3.63, 3.8) is 0 Å². The molecule has 2 N–H and O–H groups in total. The van der Waals surface area contributed by atoms with Crippen LogP contribution in [0, 0.1) is 5.92 Å². The quantitative estimate of drug-likeness (QED) is 0.751. The molecule has 4 nitrogen and oxygen atoms in total. The molecular weight excluding hydrogens is 204 g/mol. The van der Waals surface area contributed by atoms with Gasteiger partial charge in [-0.25, -0.2) is 0 Å². The van der Waals surface area contributed by atoms with Gasteiger partial charge in [0.15, 0.2) is 0 Å². The molecule has 16 heavy (non-hydrogen) atoms. The van der Waals surface area contributed by atoms with Crippen molar-refractivity contribution in [2.45, 2.75) is 64.1 Å². The van der Waals surface area contributed by atoms with Gasteiger partial charge in [-0.2, -0.15) is 5.06 Å². The summed E-state index contributed by atoms with van der Waals surface area (Å²) in [6.45, 7) is 7.94. The van der Waals surface area contributed by atoms with E-state index in [0.717, 1.165) is 19.3 Å². The fourth-order valence-electron chi connectivity index (χ4n) is 2.63. The number of hydroxylamine groups is 2. The zero-order chi connectivity index (χ0) is 12.1. The average Bonchev–Trinajstić information content (AvgIpc) is 2.95. The van der Waals surface area contributed by atoms with Crippen molar-refractivity contribution in [2.75, 3.05) is 0 Å². The molecule has 1 amide bonds. The van der Waals surface area contributed by atoms with Crippen LogP contribution in [0.25, 0.3) is 0 Å². The van der Waals surface area contributed by atoms with E-state index in [1.807, 2.05) is 27.7 Å². The number of nitrogens with one attached hydrogen (secondary N) is 1. The first-order valence-corrected chi connectivity index (χ1v) is 6.05. The van der Waals surface area contributed by atoms with E-state index in [1.165, 1.54) is 5.06 Å². The lowest BCUT2D eigenvalue weighted by atomic mass is 9.94. The third-order valence-corrected chi connectivity index (χ3v) is 3.94. The molecule has 92 valence electrons. The molecule has 0 spiro atoms. The first-order valence-electron chi connectivity index (χ1n) is 6.05. The molecule has 0 aromatic heterocycles. The fraction of sp³-hybridized carbons (Fsp3) is 0.917. The van der Waals surface area contributed by atoms with Gasteiger partial charge in [-0.05, 0) is 47.0 Å². The van der Waals surface area contributed by atoms with Crippen LogP contribution in [0.1, 0.15) is 47.0 Å². The summed E-state index contributed by atoms with van der Waals surface area (Å²) in [6.07, 6.45) is 2.82. The Kier molecular flexibility index (Phi) is 2.55. The van der Waals surface area contributed by atoms with Gasteiger partial charge in [0, 0.05) is 11.5 Å². The maximum absolute atomic E-state index is 11.8. The zero-order valence-corrected chi connectivity index (χ0v) is 10.6. The summed E-state index contributed by atoms with van der Waals surface area (Å²) in [5.74, 6) is 0.385. The van der Waals surface area contributed by atoms with Crippen molar-refractivity contribution < 1.29 is 10.0 Å². The lowest BCUT2D eigenvalue weighted by Crippen LogP contribution is -2.53. The van der Waals surface area contributed by atoms with Gasteiger partial charge in [0.1, 0.15) is 0 Å². The highest BCUT2D eigenvalue weighted by atomic mass is 16.5. The van der Waals surface area contributed by atoms with E-state index in [4.69, 9.17) is 0 Å². The van der Waals surface area contributed by atoms with Crippen molar-refractivity contribution in [3.8, 4) is 0 Å².